The number of fused-ring (bicyclic) bond motifs is 1. The smallest absolute Gasteiger partial charge is 0.0999 e. The van der Waals surface area contributed by atoms with Gasteiger partial charge in [0.25, 0.3) is 0 Å². The fourth-order valence-electron chi connectivity index (χ4n) is 2.08. The molecule has 4 nitrogen and oxygen atoms in total. The minimum absolute atomic E-state index is 0. The summed E-state index contributed by atoms with van der Waals surface area (Å²) in [5.74, 6) is 0. The van der Waals surface area contributed by atoms with E-state index in [4.69, 9.17) is 5.26 Å². The van der Waals surface area contributed by atoms with Crippen LogP contribution in [0.5, 0.6) is 0 Å². The molecule has 0 bridgehead atoms. The van der Waals surface area contributed by atoms with Crippen LogP contribution in [0.25, 0.3) is 10.9 Å². The second kappa shape index (κ2) is 6.90. The maximum Gasteiger partial charge on any atom is 0.0999 e. The number of nitriles is 1. The van der Waals surface area contributed by atoms with E-state index in [1.165, 1.54) is 0 Å². The quantitative estimate of drug-likeness (QED) is 0.914. The summed E-state index contributed by atoms with van der Waals surface area (Å²) in [7, 11) is 0. The molecule has 2 N–H and O–H groups in total. The third-order valence-corrected chi connectivity index (χ3v) is 3.11. The third-order valence-electron chi connectivity index (χ3n) is 3.11. The molecule has 0 radical (unpaired) electrons. The zero-order valence-corrected chi connectivity index (χ0v) is 13.5. The average Bonchev–Trinajstić information content (AvgIpc) is 2.42. The van der Waals surface area contributed by atoms with Gasteiger partial charge in [-0.3, -0.25) is 4.98 Å². The number of para-hydroxylation sites is 1. The van der Waals surface area contributed by atoms with Gasteiger partial charge >= 0.3 is 0 Å². The van der Waals surface area contributed by atoms with Crippen LogP contribution in [-0.4, -0.2) is 22.2 Å². The number of nitrogens with zero attached hydrogens (tertiary/aromatic N) is 2. The first-order chi connectivity index (χ1) is 9.42. The number of aliphatic hydroxyl groups excluding tert-OH is 1. The van der Waals surface area contributed by atoms with E-state index < -0.39 is 6.10 Å². The minimum Gasteiger partial charge on any atom is -0.387 e. The Kier molecular flexibility index (Phi) is 5.73. The van der Waals surface area contributed by atoms with E-state index in [1.54, 1.807) is 12.3 Å². The monoisotopic (exact) mass is 303 g/mol. The highest BCUT2D eigenvalue weighted by molar-refractivity contribution is 7.59. The van der Waals surface area contributed by atoms with E-state index in [1.807, 2.05) is 18.2 Å². The number of rotatable bonds is 3. The average molecular weight is 303 g/mol. The molecule has 2 rings (SSSR count). The summed E-state index contributed by atoms with van der Waals surface area (Å²) in [6.07, 6.45) is 0.952. The minimum atomic E-state index is -0.653. The van der Waals surface area contributed by atoms with Crippen LogP contribution in [0.15, 0.2) is 30.5 Å². The van der Waals surface area contributed by atoms with Crippen molar-refractivity contribution < 1.29 is 5.11 Å². The molecular formula is C16H21N3OS. The Morgan fingerprint density at radius 1 is 1.33 bits per heavy atom. The van der Waals surface area contributed by atoms with Crippen molar-refractivity contribution >= 4 is 24.4 Å². The largest absolute Gasteiger partial charge is 0.387 e. The van der Waals surface area contributed by atoms with Crippen LogP contribution in [-0.2, 0) is 0 Å². The molecule has 0 unspecified atom stereocenters. The fourth-order valence-corrected chi connectivity index (χ4v) is 2.08. The van der Waals surface area contributed by atoms with E-state index in [2.05, 4.69) is 37.1 Å². The highest BCUT2D eigenvalue weighted by Crippen LogP contribution is 2.24. The van der Waals surface area contributed by atoms with Crippen molar-refractivity contribution in [3.63, 3.8) is 0 Å². The standard InChI is InChI=1S/C16H19N3O.H2S/c1-16(2,3)19-10-14(20)13-6-4-5-12-11(9-17)7-8-18-15(12)13;/h4-8,14,19-20H,10H2,1-3H3;1H2/t14-;/m1./s1. The molecule has 0 fully saturated rings. The maximum atomic E-state index is 10.4. The van der Waals surface area contributed by atoms with Gasteiger partial charge in [0.1, 0.15) is 0 Å². The van der Waals surface area contributed by atoms with Gasteiger partial charge in [0.2, 0.25) is 0 Å². The molecule has 0 saturated carbocycles. The lowest BCUT2D eigenvalue weighted by atomic mass is 10.0. The van der Waals surface area contributed by atoms with Crippen molar-refractivity contribution in [2.24, 2.45) is 0 Å². The van der Waals surface area contributed by atoms with Gasteiger partial charge in [-0.25, -0.2) is 0 Å². The summed E-state index contributed by atoms with van der Waals surface area (Å²) in [6, 6.07) is 9.40. The molecule has 0 spiro atoms. The molecule has 0 aliphatic heterocycles. The van der Waals surface area contributed by atoms with E-state index in [0.29, 0.717) is 17.6 Å². The summed E-state index contributed by atoms with van der Waals surface area (Å²) >= 11 is 0. The van der Waals surface area contributed by atoms with Crippen molar-refractivity contribution in [1.29, 1.82) is 5.26 Å². The van der Waals surface area contributed by atoms with Crippen LogP contribution in [0.1, 0.15) is 38.0 Å². The van der Waals surface area contributed by atoms with Gasteiger partial charge in [-0.15, -0.1) is 0 Å². The fraction of sp³-hybridized carbons (Fsp3) is 0.375. The Morgan fingerprint density at radius 3 is 2.67 bits per heavy atom. The zero-order chi connectivity index (χ0) is 14.8. The first-order valence-corrected chi connectivity index (χ1v) is 6.63. The molecule has 0 saturated heterocycles. The lowest BCUT2D eigenvalue weighted by Gasteiger charge is -2.23. The van der Waals surface area contributed by atoms with Crippen LogP contribution in [0, 0.1) is 11.3 Å². The number of hydrogen-bond donors (Lipinski definition) is 2. The Labute approximate surface area is 132 Å². The third kappa shape index (κ3) is 4.18. The van der Waals surface area contributed by atoms with Gasteiger partial charge < -0.3 is 10.4 Å². The molecule has 5 heteroatoms. The summed E-state index contributed by atoms with van der Waals surface area (Å²) in [6.45, 7) is 6.60. The van der Waals surface area contributed by atoms with E-state index >= 15 is 0 Å². The van der Waals surface area contributed by atoms with Crippen LogP contribution < -0.4 is 5.32 Å². The van der Waals surface area contributed by atoms with Gasteiger partial charge in [-0.1, -0.05) is 18.2 Å². The van der Waals surface area contributed by atoms with E-state index in [-0.39, 0.29) is 19.0 Å². The lowest BCUT2D eigenvalue weighted by molar-refractivity contribution is 0.164. The summed E-state index contributed by atoms with van der Waals surface area (Å²) < 4.78 is 0. The number of aromatic nitrogens is 1. The molecular weight excluding hydrogens is 282 g/mol. The normalized spacial score (nSPS) is 12.5. The first kappa shape index (κ1) is 17.4. The number of β-amino-alcohol motifs (C(OH)–C–C–N with tert-alkyl or cyclic N) is 1. The molecule has 112 valence electrons. The highest BCUT2D eigenvalue weighted by atomic mass is 32.1. The molecule has 2 aromatic rings. The van der Waals surface area contributed by atoms with Crippen molar-refractivity contribution in [1.82, 2.24) is 10.3 Å². The number of benzene rings is 1. The predicted molar refractivity (Wildman–Crippen MR) is 89.6 cm³/mol. The van der Waals surface area contributed by atoms with Crippen LogP contribution in [0.2, 0.25) is 0 Å². The molecule has 1 atom stereocenters. The Morgan fingerprint density at radius 2 is 2.05 bits per heavy atom. The molecule has 0 amide bonds. The van der Waals surface area contributed by atoms with E-state index in [0.717, 1.165) is 10.9 Å². The van der Waals surface area contributed by atoms with Crippen LogP contribution in [0.3, 0.4) is 0 Å². The summed E-state index contributed by atoms with van der Waals surface area (Å²) in [5.41, 5.74) is 1.95. The van der Waals surface area contributed by atoms with Gasteiger partial charge in [0.15, 0.2) is 0 Å². The Balaban J connectivity index is 0.00000220. The number of hydrogen-bond acceptors (Lipinski definition) is 4. The molecule has 0 aliphatic rings. The molecule has 21 heavy (non-hydrogen) atoms. The molecule has 1 heterocycles. The first-order valence-electron chi connectivity index (χ1n) is 6.63. The van der Waals surface area contributed by atoms with Crippen molar-refractivity contribution in [2.75, 3.05) is 6.54 Å². The second-order valence-electron chi connectivity index (χ2n) is 5.86. The number of nitrogens with one attached hydrogen (secondary N) is 1. The lowest BCUT2D eigenvalue weighted by Crippen LogP contribution is -2.38. The van der Waals surface area contributed by atoms with Crippen LogP contribution in [0.4, 0.5) is 0 Å². The number of pyridine rings is 1. The van der Waals surface area contributed by atoms with Gasteiger partial charge in [-0.05, 0) is 26.8 Å². The Bertz CT molecular complexity index is 659. The van der Waals surface area contributed by atoms with Crippen molar-refractivity contribution in [3.05, 3.63) is 41.6 Å². The summed E-state index contributed by atoms with van der Waals surface area (Å²) in [4.78, 5) is 4.32. The molecule has 0 aliphatic carbocycles. The van der Waals surface area contributed by atoms with E-state index in [9.17, 15) is 5.11 Å². The Hall–Kier alpha value is -1.61. The maximum absolute atomic E-state index is 10.4. The SMILES string of the molecule is CC(C)(C)NC[C@@H](O)c1cccc2c(C#N)ccnc12.S. The molecule has 1 aromatic heterocycles. The number of aliphatic hydroxyl groups is 1. The van der Waals surface area contributed by atoms with Crippen molar-refractivity contribution in [2.45, 2.75) is 32.4 Å². The summed E-state index contributed by atoms with van der Waals surface area (Å²) in [5, 5.41) is 23.5. The van der Waals surface area contributed by atoms with Crippen LogP contribution >= 0.6 is 13.5 Å². The highest BCUT2D eigenvalue weighted by Gasteiger charge is 2.16. The molecule has 1 aromatic carbocycles. The van der Waals surface area contributed by atoms with Gasteiger partial charge in [0.05, 0.1) is 23.3 Å². The second-order valence-corrected chi connectivity index (χ2v) is 5.86. The van der Waals surface area contributed by atoms with Gasteiger partial charge in [-0.2, -0.15) is 18.8 Å². The predicted octanol–water partition coefficient (Wildman–Crippen LogP) is 2.64. The zero-order valence-electron chi connectivity index (χ0n) is 12.5. The van der Waals surface area contributed by atoms with Crippen molar-refractivity contribution in [3.8, 4) is 6.07 Å². The van der Waals surface area contributed by atoms with Gasteiger partial charge in [0, 0.05) is 29.2 Å². The topological polar surface area (TPSA) is 68.9 Å².